The van der Waals surface area contributed by atoms with E-state index in [1.54, 1.807) is 23.9 Å². The molecule has 0 unspecified atom stereocenters. The fourth-order valence-electron chi connectivity index (χ4n) is 1.48. The maximum atomic E-state index is 13.2. The van der Waals surface area contributed by atoms with Crippen LogP contribution in [0.3, 0.4) is 0 Å². The quantitative estimate of drug-likeness (QED) is 0.842. The summed E-state index contributed by atoms with van der Waals surface area (Å²) in [5.74, 6) is -1.31. The number of aryl methyl sites for hydroxylation is 1. The van der Waals surface area contributed by atoms with Crippen LogP contribution >= 0.6 is 0 Å². The SMILES string of the molecule is Cc1nccn1-c1ccc(F)c(C(=O)O)c1. The minimum absolute atomic E-state index is 0.342. The number of halogens is 1. The van der Waals surface area contributed by atoms with Crippen LogP contribution in [0, 0.1) is 12.7 Å². The number of nitrogens with zero attached hydrogens (tertiary/aromatic N) is 2. The minimum Gasteiger partial charge on any atom is -0.478 e. The van der Waals surface area contributed by atoms with Crippen molar-refractivity contribution in [1.29, 1.82) is 0 Å². The number of hydrogen-bond acceptors (Lipinski definition) is 2. The Morgan fingerprint density at radius 3 is 2.81 bits per heavy atom. The summed E-state index contributed by atoms with van der Waals surface area (Å²) in [5, 5.41) is 8.79. The van der Waals surface area contributed by atoms with Gasteiger partial charge in [0.1, 0.15) is 11.6 Å². The Morgan fingerprint density at radius 1 is 1.50 bits per heavy atom. The van der Waals surface area contributed by atoms with E-state index in [9.17, 15) is 9.18 Å². The van der Waals surface area contributed by atoms with Crippen LogP contribution in [-0.2, 0) is 0 Å². The molecule has 0 aliphatic rings. The highest BCUT2D eigenvalue weighted by Crippen LogP contribution is 2.15. The molecule has 0 radical (unpaired) electrons. The van der Waals surface area contributed by atoms with Gasteiger partial charge < -0.3 is 9.67 Å². The Bertz CT molecular complexity index is 549. The lowest BCUT2D eigenvalue weighted by Crippen LogP contribution is -2.03. The van der Waals surface area contributed by atoms with Gasteiger partial charge in [0.15, 0.2) is 0 Å². The summed E-state index contributed by atoms with van der Waals surface area (Å²) in [6, 6.07) is 3.93. The molecule has 2 aromatic rings. The zero-order valence-electron chi connectivity index (χ0n) is 8.51. The third-order valence-electron chi connectivity index (χ3n) is 2.28. The van der Waals surface area contributed by atoms with Gasteiger partial charge in [-0.3, -0.25) is 0 Å². The molecule has 0 fully saturated rings. The number of rotatable bonds is 2. The second-order valence-electron chi connectivity index (χ2n) is 3.31. The average molecular weight is 220 g/mol. The molecule has 1 heterocycles. The molecule has 0 saturated heterocycles. The Kier molecular flexibility index (Phi) is 2.44. The van der Waals surface area contributed by atoms with E-state index in [1.807, 2.05) is 0 Å². The second-order valence-corrected chi connectivity index (χ2v) is 3.31. The molecule has 16 heavy (non-hydrogen) atoms. The molecule has 1 aromatic carbocycles. The first-order valence-corrected chi connectivity index (χ1v) is 4.63. The van der Waals surface area contributed by atoms with E-state index in [2.05, 4.69) is 4.98 Å². The van der Waals surface area contributed by atoms with Crippen LogP contribution < -0.4 is 0 Å². The summed E-state index contributed by atoms with van der Waals surface area (Å²) in [6.45, 7) is 1.78. The van der Waals surface area contributed by atoms with E-state index >= 15 is 0 Å². The maximum Gasteiger partial charge on any atom is 0.338 e. The molecular formula is C11H9FN2O2. The van der Waals surface area contributed by atoms with Crippen molar-refractivity contribution >= 4 is 5.97 Å². The van der Waals surface area contributed by atoms with Crippen molar-refractivity contribution in [2.24, 2.45) is 0 Å². The molecule has 0 amide bonds. The largest absolute Gasteiger partial charge is 0.478 e. The molecule has 0 bridgehead atoms. The number of aromatic carboxylic acids is 1. The molecule has 0 atom stereocenters. The Morgan fingerprint density at radius 2 is 2.25 bits per heavy atom. The smallest absolute Gasteiger partial charge is 0.338 e. The lowest BCUT2D eigenvalue weighted by molar-refractivity contribution is 0.0692. The summed E-state index contributed by atoms with van der Waals surface area (Å²) in [6.07, 6.45) is 3.29. The van der Waals surface area contributed by atoms with Gasteiger partial charge in [-0.05, 0) is 25.1 Å². The van der Waals surface area contributed by atoms with Crippen molar-refractivity contribution in [2.45, 2.75) is 6.92 Å². The zero-order chi connectivity index (χ0) is 11.7. The van der Waals surface area contributed by atoms with E-state index in [-0.39, 0.29) is 5.56 Å². The van der Waals surface area contributed by atoms with Crippen molar-refractivity contribution in [3.05, 3.63) is 47.8 Å². The third kappa shape index (κ3) is 1.67. The van der Waals surface area contributed by atoms with E-state index in [0.717, 1.165) is 6.07 Å². The summed E-state index contributed by atoms with van der Waals surface area (Å²) in [4.78, 5) is 14.8. The summed E-state index contributed by atoms with van der Waals surface area (Å²) >= 11 is 0. The number of carbonyl (C=O) groups is 1. The van der Waals surface area contributed by atoms with Gasteiger partial charge in [-0.15, -0.1) is 0 Å². The van der Waals surface area contributed by atoms with Crippen molar-refractivity contribution in [3.8, 4) is 5.69 Å². The van der Waals surface area contributed by atoms with Crippen LogP contribution in [-0.4, -0.2) is 20.6 Å². The van der Waals surface area contributed by atoms with E-state index in [1.165, 1.54) is 12.1 Å². The van der Waals surface area contributed by atoms with E-state index in [4.69, 9.17) is 5.11 Å². The monoisotopic (exact) mass is 220 g/mol. The first-order chi connectivity index (χ1) is 7.59. The number of imidazole rings is 1. The number of carboxylic acid groups (broad SMARTS) is 1. The van der Waals surface area contributed by atoms with E-state index < -0.39 is 11.8 Å². The van der Waals surface area contributed by atoms with Gasteiger partial charge in [0.05, 0.1) is 5.56 Å². The van der Waals surface area contributed by atoms with Gasteiger partial charge in [0.2, 0.25) is 0 Å². The first-order valence-electron chi connectivity index (χ1n) is 4.63. The van der Waals surface area contributed by atoms with Gasteiger partial charge >= 0.3 is 5.97 Å². The highest BCUT2D eigenvalue weighted by atomic mass is 19.1. The van der Waals surface area contributed by atoms with Crippen LogP contribution in [0.2, 0.25) is 0 Å². The molecule has 1 N–H and O–H groups in total. The molecular weight excluding hydrogens is 211 g/mol. The van der Waals surface area contributed by atoms with Crippen molar-refractivity contribution < 1.29 is 14.3 Å². The zero-order valence-corrected chi connectivity index (χ0v) is 8.51. The first kappa shape index (κ1) is 10.4. The lowest BCUT2D eigenvalue weighted by Gasteiger charge is -2.06. The summed E-state index contributed by atoms with van der Waals surface area (Å²) < 4.78 is 14.8. The third-order valence-corrected chi connectivity index (χ3v) is 2.28. The maximum absolute atomic E-state index is 13.2. The van der Waals surface area contributed by atoms with Crippen LogP contribution in [0.4, 0.5) is 4.39 Å². The van der Waals surface area contributed by atoms with Gasteiger partial charge in [-0.25, -0.2) is 14.2 Å². The number of aromatic nitrogens is 2. The fraction of sp³-hybridized carbons (Fsp3) is 0.0909. The van der Waals surface area contributed by atoms with Crippen LogP contribution in [0.5, 0.6) is 0 Å². The average Bonchev–Trinajstić information content (AvgIpc) is 2.65. The Labute approximate surface area is 91.0 Å². The standard InChI is InChI=1S/C11H9FN2O2/c1-7-13-4-5-14(7)8-2-3-10(12)9(6-8)11(15)16/h2-6H,1H3,(H,15,16). The fourth-order valence-corrected chi connectivity index (χ4v) is 1.48. The molecule has 5 heteroatoms. The van der Waals surface area contributed by atoms with Gasteiger partial charge in [0.25, 0.3) is 0 Å². The van der Waals surface area contributed by atoms with Crippen LogP contribution in [0.15, 0.2) is 30.6 Å². The van der Waals surface area contributed by atoms with Crippen LogP contribution in [0.1, 0.15) is 16.2 Å². The van der Waals surface area contributed by atoms with Crippen molar-refractivity contribution in [3.63, 3.8) is 0 Å². The Balaban J connectivity index is 2.56. The summed E-state index contributed by atoms with van der Waals surface area (Å²) in [7, 11) is 0. The van der Waals surface area contributed by atoms with Crippen molar-refractivity contribution in [1.82, 2.24) is 9.55 Å². The second kappa shape index (κ2) is 3.77. The summed E-state index contributed by atoms with van der Waals surface area (Å²) in [5.41, 5.74) is 0.236. The van der Waals surface area contributed by atoms with Gasteiger partial charge in [0, 0.05) is 18.1 Å². The lowest BCUT2D eigenvalue weighted by atomic mass is 10.2. The molecule has 2 rings (SSSR count). The highest BCUT2D eigenvalue weighted by molar-refractivity contribution is 5.88. The molecule has 0 aliphatic heterocycles. The normalized spacial score (nSPS) is 10.4. The van der Waals surface area contributed by atoms with Gasteiger partial charge in [-0.1, -0.05) is 0 Å². The molecule has 4 nitrogen and oxygen atoms in total. The number of carboxylic acids is 1. The molecule has 82 valence electrons. The van der Waals surface area contributed by atoms with Crippen molar-refractivity contribution in [2.75, 3.05) is 0 Å². The topological polar surface area (TPSA) is 55.1 Å². The van der Waals surface area contributed by atoms with E-state index in [0.29, 0.717) is 11.5 Å². The molecule has 0 spiro atoms. The molecule has 0 saturated carbocycles. The van der Waals surface area contributed by atoms with Crippen LogP contribution in [0.25, 0.3) is 5.69 Å². The number of hydrogen-bond donors (Lipinski definition) is 1. The number of benzene rings is 1. The minimum atomic E-state index is -1.28. The molecule has 0 aliphatic carbocycles. The van der Waals surface area contributed by atoms with Gasteiger partial charge in [-0.2, -0.15) is 0 Å². The highest BCUT2D eigenvalue weighted by Gasteiger charge is 2.11. The molecule has 1 aromatic heterocycles. The predicted molar refractivity (Wildman–Crippen MR) is 55.2 cm³/mol. The predicted octanol–water partition coefficient (Wildman–Crippen LogP) is 2.02. The Hall–Kier alpha value is -2.17.